The van der Waals surface area contributed by atoms with Crippen LogP contribution in [-0.2, 0) is 21.7 Å². The van der Waals surface area contributed by atoms with E-state index in [0.29, 0.717) is 0 Å². The van der Waals surface area contributed by atoms with Gasteiger partial charge in [0.2, 0.25) is 0 Å². The van der Waals surface area contributed by atoms with Gasteiger partial charge in [0.1, 0.15) is 0 Å². The smallest absolute Gasteiger partial charge is 0.0543 e. The number of fused-ring (bicyclic) bond motifs is 8. The van der Waals surface area contributed by atoms with Gasteiger partial charge in [-0.3, -0.25) is 0 Å². The summed E-state index contributed by atoms with van der Waals surface area (Å²) in [6, 6.07) is 53.5. The monoisotopic (exact) mass is 713 g/mol. The van der Waals surface area contributed by atoms with Gasteiger partial charge in [-0.25, -0.2) is 0 Å². The van der Waals surface area contributed by atoms with Gasteiger partial charge in [-0.1, -0.05) is 159 Å². The molecular formula is C54H51N. The van der Waals surface area contributed by atoms with Crippen molar-refractivity contribution in [3.05, 3.63) is 173 Å². The van der Waals surface area contributed by atoms with Crippen LogP contribution in [0.2, 0.25) is 0 Å². The molecule has 0 saturated carbocycles. The summed E-state index contributed by atoms with van der Waals surface area (Å²) in [4.78, 5) is 2.56. The zero-order valence-corrected chi connectivity index (χ0v) is 33.6. The van der Waals surface area contributed by atoms with Crippen LogP contribution in [0, 0.1) is 0 Å². The van der Waals surface area contributed by atoms with E-state index < -0.39 is 0 Å². The number of hydrogen-bond donors (Lipinski definition) is 0. The fourth-order valence-electron chi connectivity index (χ4n) is 10.5. The van der Waals surface area contributed by atoms with Crippen molar-refractivity contribution in [2.45, 2.75) is 89.9 Å². The Kier molecular flexibility index (Phi) is 7.17. The first-order valence-electron chi connectivity index (χ1n) is 20.2. The molecule has 3 aliphatic carbocycles. The van der Waals surface area contributed by atoms with Crippen LogP contribution in [0.25, 0.3) is 44.2 Å². The molecule has 7 aromatic rings. The lowest BCUT2D eigenvalue weighted by atomic mass is 9.63. The van der Waals surface area contributed by atoms with E-state index in [4.69, 9.17) is 0 Å². The largest absolute Gasteiger partial charge is 0.310 e. The first-order chi connectivity index (χ1) is 26.3. The average Bonchev–Trinajstić information content (AvgIpc) is 3.55. The first-order valence-corrected chi connectivity index (χ1v) is 20.2. The van der Waals surface area contributed by atoms with Crippen LogP contribution < -0.4 is 4.90 Å². The Bertz CT molecular complexity index is 2720. The maximum Gasteiger partial charge on any atom is 0.0543 e. The van der Waals surface area contributed by atoms with E-state index in [9.17, 15) is 0 Å². The third-order valence-corrected chi connectivity index (χ3v) is 13.9. The molecule has 10 rings (SSSR count). The van der Waals surface area contributed by atoms with E-state index in [1.165, 1.54) is 107 Å². The van der Waals surface area contributed by atoms with Crippen molar-refractivity contribution in [3.8, 4) is 33.4 Å². The molecule has 3 aliphatic rings. The van der Waals surface area contributed by atoms with Gasteiger partial charge in [0, 0.05) is 27.8 Å². The predicted octanol–water partition coefficient (Wildman–Crippen LogP) is 14.9. The molecule has 0 N–H and O–H groups in total. The lowest BCUT2D eigenvalue weighted by molar-refractivity contribution is 0.332. The molecule has 7 aromatic carbocycles. The molecule has 0 fully saturated rings. The minimum Gasteiger partial charge on any atom is -0.310 e. The SMILES string of the molecule is CC1(C)CCC(C)(C)c2cc(-c3cc4c(cc3N(c3ccc5c(c3)C(C)(C)c3ccccc3-5)c3ccc5ccccc5c3)C(C)(C)c3ccccc3-4)ccc21. The second kappa shape index (κ2) is 11.6. The van der Waals surface area contributed by atoms with Crippen molar-refractivity contribution in [1.82, 2.24) is 0 Å². The van der Waals surface area contributed by atoms with Gasteiger partial charge >= 0.3 is 0 Å². The van der Waals surface area contributed by atoms with Crippen LogP contribution in [0.3, 0.4) is 0 Å². The Morgan fingerprint density at radius 1 is 0.364 bits per heavy atom. The van der Waals surface area contributed by atoms with Crippen LogP contribution in [-0.4, -0.2) is 0 Å². The Labute approximate surface area is 327 Å². The van der Waals surface area contributed by atoms with Crippen LogP contribution in [0.5, 0.6) is 0 Å². The van der Waals surface area contributed by atoms with Crippen molar-refractivity contribution >= 4 is 27.8 Å². The summed E-state index contributed by atoms with van der Waals surface area (Å²) in [6.07, 6.45) is 2.39. The van der Waals surface area contributed by atoms with Gasteiger partial charge in [-0.05, 0) is 132 Å². The summed E-state index contributed by atoms with van der Waals surface area (Å²) in [7, 11) is 0. The Hall–Kier alpha value is -5.40. The molecule has 0 bridgehead atoms. The van der Waals surface area contributed by atoms with Crippen molar-refractivity contribution < 1.29 is 0 Å². The molecular weight excluding hydrogens is 663 g/mol. The summed E-state index contributed by atoms with van der Waals surface area (Å²) in [6.45, 7) is 19.3. The van der Waals surface area contributed by atoms with Gasteiger partial charge < -0.3 is 4.90 Å². The average molecular weight is 714 g/mol. The standard InChI is InChI=1S/C54H51N/c1-51(2)27-28-52(3,4)49-30-36(22-26-46(49)51)42-32-43-40-18-12-14-20-45(40)54(7,8)48(43)33-50(42)55(37-23-21-34-15-9-10-16-35(34)29-37)38-24-25-41-39-17-11-13-19-44(39)53(5,6)47(41)31-38/h9-26,29-33H,27-28H2,1-8H3. The topological polar surface area (TPSA) is 3.24 Å². The van der Waals surface area contributed by atoms with Gasteiger partial charge in [0.05, 0.1) is 5.69 Å². The zero-order valence-electron chi connectivity index (χ0n) is 33.6. The lowest BCUT2D eigenvalue weighted by Gasteiger charge is -2.42. The Morgan fingerprint density at radius 2 is 0.909 bits per heavy atom. The third kappa shape index (κ3) is 4.98. The molecule has 0 radical (unpaired) electrons. The van der Waals surface area contributed by atoms with E-state index in [0.717, 1.165) is 0 Å². The van der Waals surface area contributed by atoms with Crippen LogP contribution in [0.15, 0.2) is 140 Å². The number of rotatable bonds is 4. The lowest BCUT2D eigenvalue weighted by Crippen LogP contribution is -2.33. The quantitative estimate of drug-likeness (QED) is 0.176. The van der Waals surface area contributed by atoms with Gasteiger partial charge in [-0.2, -0.15) is 0 Å². The summed E-state index contributed by atoms with van der Waals surface area (Å²) >= 11 is 0. The maximum absolute atomic E-state index is 2.56. The zero-order chi connectivity index (χ0) is 38.1. The molecule has 272 valence electrons. The minimum atomic E-state index is -0.141. The molecule has 0 amide bonds. The van der Waals surface area contributed by atoms with Crippen molar-refractivity contribution in [1.29, 1.82) is 0 Å². The Morgan fingerprint density at radius 3 is 1.62 bits per heavy atom. The van der Waals surface area contributed by atoms with E-state index in [1.807, 2.05) is 0 Å². The molecule has 0 aliphatic heterocycles. The van der Waals surface area contributed by atoms with E-state index in [-0.39, 0.29) is 21.7 Å². The molecule has 1 nitrogen and oxygen atoms in total. The second-order valence-electron chi connectivity index (χ2n) is 18.9. The molecule has 0 aromatic heterocycles. The van der Waals surface area contributed by atoms with E-state index >= 15 is 0 Å². The third-order valence-electron chi connectivity index (χ3n) is 13.9. The molecule has 0 heterocycles. The van der Waals surface area contributed by atoms with Crippen LogP contribution >= 0.6 is 0 Å². The van der Waals surface area contributed by atoms with Crippen molar-refractivity contribution in [2.75, 3.05) is 4.90 Å². The number of anilines is 3. The van der Waals surface area contributed by atoms with Crippen molar-refractivity contribution in [3.63, 3.8) is 0 Å². The fourth-order valence-corrected chi connectivity index (χ4v) is 10.5. The van der Waals surface area contributed by atoms with Crippen LogP contribution in [0.1, 0.15) is 102 Å². The summed E-state index contributed by atoms with van der Waals surface area (Å²) < 4.78 is 0. The maximum atomic E-state index is 2.56. The van der Waals surface area contributed by atoms with Crippen molar-refractivity contribution in [2.24, 2.45) is 0 Å². The highest BCUT2D eigenvalue weighted by atomic mass is 15.1. The molecule has 0 spiro atoms. The summed E-state index contributed by atoms with van der Waals surface area (Å²) in [5, 5.41) is 2.49. The predicted molar refractivity (Wildman–Crippen MR) is 234 cm³/mol. The van der Waals surface area contributed by atoms with E-state index in [2.05, 4.69) is 200 Å². The molecule has 1 heteroatoms. The highest BCUT2D eigenvalue weighted by molar-refractivity contribution is 5.97. The summed E-state index contributed by atoms with van der Waals surface area (Å²) in [5.74, 6) is 0. The Balaban J connectivity index is 1.28. The van der Waals surface area contributed by atoms with Gasteiger partial charge in [-0.15, -0.1) is 0 Å². The molecule has 0 unspecified atom stereocenters. The normalized spacial score (nSPS) is 17.5. The number of hydrogen-bond acceptors (Lipinski definition) is 1. The molecule has 0 saturated heterocycles. The molecule has 0 atom stereocenters. The second-order valence-corrected chi connectivity index (χ2v) is 18.9. The van der Waals surface area contributed by atoms with E-state index in [1.54, 1.807) is 0 Å². The van der Waals surface area contributed by atoms with Crippen LogP contribution in [0.4, 0.5) is 17.1 Å². The highest BCUT2D eigenvalue weighted by Crippen LogP contribution is 2.56. The number of nitrogens with zero attached hydrogens (tertiary/aromatic N) is 1. The summed E-state index contributed by atoms with van der Waals surface area (Å²) in [5.41, 5.74) is 20.1. The first kappa shape index (κ1) is 34.1. The molecule has 55 heavy (non-hydrogen) atoms. The fraction of sp³-hybridized carbons (Fsp3) is 0.259. The highest BCUT2D eigenvalue weighted by Gasteiger charge is 2.40. The number of benzene rings is 7. The minimum absolute atomic E-state index is 0.102. The van der Waals surface area contributed by atoms with Gasteiger partial charge in [0.25, 0.3) is 0 Å². The van der Waals surface area contributed by atoms with Gasteiger partial charge in [0.15, 0.2) is 0 Å².